The van der Waals surface area contributed by atoms with Crippen molar-refractivity contribution >= 4 is 17.2 Å². The van der Waals surface area contributed by atoms with Crippen molar-refractivity contribution in [3.63, 3.8) is 0 Å². The number of tetrazole rings is 1. The van der Waals surface area contributed by atoms with E-state index in [0.717, 1.165) is 29.8 Å². The van der Waals surface area contributed by atoms with Crippen LogP contribution in [0.25, 0.3) is 5.57 Å². The van der Waals surface area contributed by atoms with Crippen molar-refractivity contribution < 1.29 is 4.79 Å². The number of aromatic nitrogens is 4. The first kappa shape index (κ1) is 14.4. The smallest absolute Gasteiger partial charge is 0.238 e. The number of rotatable bonds is 4. The number of aryl methyl sites for hydroxylation is 1. The van der Waals surface area contributed by atoms with Gasteiger partial charge >= 0.3 is 0 Å². The Balaban J connectivity index is 1.58. The molecular weight excluding hydrogens is 280 g/mol. The maximum absolute atomic E-state index is 12.2. The van der Waals surface area contributed by atoms with E-state index in [0.29, 0.717) is 18.9 Å². The molecule has 114 valence electrons. The van der Waals surface area contributed by atoms with E-state index in [2.05, 4.69) is 36.9 Å². The number of hydrogen-bond donors (Lipinski definition) is 2. The first-order valence-corrected chi connectivity index (χ1v) is 7.23. The van der Waals surface area contributed by atoms with Crippen LogP contribution in [0, 0.1) is 6.92 Å². The van der Waals surface area contributed by atoms with Crippen LogP contribution in [0.15, 0.2) is 30.3 Å². The fourth-order valence-electron chi connectivity index (χ4n) is 2.51. The van der Waals surface area contributed by atoms with Crippen LogP contribution in [0.3, 0.4) is 0 Å². The minimum atomic E-state index is -0.0105. The Morgan fingerprint density at radius 1 is 1.41 bits per heavy atom. The normalized spacial score (nSPS) is 15.4. The van der Waals surface area contributed by atoms with E-state index >= 15 is 0 Å². The molecular formula is C15H18N6O. The lowest BCUT2D eigenvalue weighted by atomic mass is 10.1. The molecule has 0 spiro atoms. The van der Waals surface area contributed by atoms with Crippen LogP contribution in [-0.4, -0.2) is 51.1 Å². The molecule has 7 nitrogen and oxygen atoms in total. The highest BCUT2D eigenvalue weighted by atomic mass is 16.2. The van der Waals surface area contributed by atoms with Gasteiger partial charge in [0.05, 0.1) is 6.54 Å². The number of benzene rings is 1. The third kappa shape index (κ3) is 3.37. The van der Waals surface area contributed by atoms with E-state index in [1.54, 1.807) is 0 Å². The summed E-state index contributed by atoms with van der Waals surface area (Å²) in [4.78, 5) is 14.3. The first-order chi connectivity index (χ1) is 10.7. The van der Waals surface area contributed by atoms with E-state index in [-0.39, 0.29) is 5.91 Å². The van der Waals surface area contributed by atoms with Crippen LogP contribution < -0.4 is 5.32 Å². The number of para-hydroxylation sites is 1. The molecule has 0 fully saturated rings. The molecule has 0 bridgehead atoms. The van der Waals surface area contributed by atoms with Crippen molar-refractivity contribution in [1.29, 1.82) is 0 Å². The number of nitrogens with one attached hydrogen (secondary N) is 2. The Hall–Kier alpha value is -2.54. The molecule has 2 aromatic rings. The fourth-order valence-corrected chi connectivity index (χ4v) is 2.51. The SMILES string of the molecule is Cc1ccccc1NC(=O)CN1CCC=C(c2nn[nH]n2)C1. The van der Waals surface area contributed by atoms with Gasteiger partial charge in [0, 0.05) is 24.4 Å². The Bertz CT molecular complexity index is 679. The Kier molecular flexibility index (Phi) is 4.24. The van der Waals surface area contributed by atoms with E-state index < -0.39 is 0 Å². The summed E-state index contributed by atoms with van der Waals surface area (Å²) in [5.74, 6) is 0.590. The zero-order chi connectivity index (χ0) is 15.4. The van der Waals surface area contributed by atoms with E-state index in [1.807, 2.05) is 31.2 Å². The summed E-state index contributed by atoms with van der Waals surface area (Å²) in [5, 5.41) is 17.0. The lowest BCUT2D eigenvalue weighted by Crippen LogP contribution is -2.37. The standard InChI is InChI=1S/C15H18N6O/c1-11-5-2-3-7-13(11)16-14(22)10-21-8-4-6-12(9-21)15-17-19-20-18-15/h2-3,5-7H,4,8-10H2,1H3,(H,16,22)(H,17,18,19,20). The second kappa shape index (κ2) is 6.48. The molecule has 1 aliphatic heterocycles. The quantitative estimate of drug-likeness (QED) is 0.886. The minimum Gasteiger partial charge on any atom is -0.325 e. The molecule has 2 heterocycles. The lowest BCUT2D eigenvalue weighted by molar-refractivity contribution is -0.117. The molecule has 0 saturated heterocycles. The average Bonchev–Trinajstić information content (AvgIpc) is 3.04. The van der Waals surface area contributed by atoms with Gasteiger partial charge in [-0.15, -0.1) is 10.2 Å². The summed E-state index contributed by atoms with van der Waals surface area (Å²) in [5.41, 5.74) is 2.92. The largest absolute Gasteiger partial charge is 0.325 e. The fraction of sp³-hybridized carbons (Fsp3) is 0.333. The third-order valence-electron chi connectivity index (χ3n) is 3.65. The molecule has 0 saturated carbocycles. The Labute approximate surface area is 128 Å². The summed E-state index contributed by atoms with van der Waals surface area (Å²) in [6.45, 7) is 3.83. The third-order valence-corrected chi connectivity index (χ3v) is 3.65. The number of H-pyrrole nitrogens is 1. The minimum absolute atomic E-state index is 0.0105. The molecule has 0 unspecified atom stereocenters. The van der Waals surface area contributed by atoms with Crippen molar-refractivity contribution in [3.8, 4) is 0 Å². The second-order valence-electron chi connectivity index (χ2n) is 5.33. The van der Waals surface area contributed by atoms with Gasteiger partial charge < -0.3 is 5.32 Å². The van der Waals surface area contributed by atoms with Gasteiger partial charge in [0.1, 0.15) is 0 Å². The number of amides is 1. The van der Waals surface area contributed by atoms with Crippen LogP contribution in [0.2, 0.25) is 0 Å². The van der Waals surface area contributed by atoms with Crippen LogP contribution >= 0.6 is 0 Å². The van der Waals surface area contributed by atoms with Gasteiger partial charge in [0.2, 0.25) is 11.7 Å². The van der Waals surface area contributed by atoms with E-state index in [4.69, 9.17) is 0 Å². The number of carbonyl (C=O) groups excluding carboxylic acids is 1. The Morgan fingerprint density at radius 3 is 3.05 bits per heavy atom. The zero-order valence-electron chi connectivity index (χ0n) is 12.4. The molecule has 1 aliphatic rings. The highest BCUT2D eigenvalue weighted by molar-refractivity contribution is 5.93. The van der Waals surface area contributed by atoms with Crippen LogP contribution in [0.1, 0.15) is 17.8 Å². The molecule has 3 rings (SSSR count). The maximum Gasteiger partial charge on any atom is 0.238 e. The van der Waals surface area contributed by atoms with Gasteiger partial charge in [0.25, 0.3) is 0 Å². The summed E-state index contributed by atoms with van der Waals surface area (Å²) in [6.07, 6.45) is 2.97. The van der Waals surface area contributed by atoms with Gasteiger partial charge in [-0.1, -0.05) is 24.3 Å². The highest BCUT2D eigenvalue weighted by Crippen LogP contribution is 2.17. The lowest BCUT2D eigenvalue weighted by Gasteiger charge is -2.25. The predicted octanol–water partition coefficient (Wildman–Crippen LogP) is 1.24. The first-order valence-electron chi connectivity index (χ1n) is 7.23. The number of nitrogens with zero attached hydrogens (tertiary/aromatic N) is 4. The van der Waals surface area contributed by atoms with Crippen LogP contribution in [0.5, 0.6) is 0 Å². The van der Waals surface area contributed by atoms with Gasteiger partial charge in [-0.25, -0.2) is 0 Å². The number of aromatic amines is 1. The molecule has 0 aliphatic carbocycles. The summed E-state index contributed by atoms with van der Waals surface area (Å²) in [7, 11) is 0. The summed E-state index contributed by atoms with van der Waals surface area (Å²) < 4.78 is 0. The van der Waals surface area contributed by atoms with Gasteiger partial charge in [0.15, 0.2) is 0 Å². The monoisotopic (exact) mass is 298 g/mol. The highest BCUT2D eigenvalue weighted by Gasteiger charge is 2.19. The molecule has 1 amide bonds. The maximum atomic E-state index is 12.2. The number of anilines is 1. The van der Waals surface area contributed by atoms with Gasteiger partial charge in [-0.2, -0.15) is 5.21 Å². The molecule has 22 heavy (non-hydrogen) atoms. The van der Waals surface area contributed by atoms with E-state index in [9.17, 15) is 4.79 Å². The van der Waals surface area contributed by atoms with Crippen molar-refractivity contribution in [3.05, 3.63) is 41.7 Å². The van der Waals surface area contributed by atoms with Crippen LogP contribution in [0.4, 0.5) is 5.69 Å². The van der Waals surface area contributed by atoms with Crippen molar-refractivity contribution in [2.24, 2.45) is 0 Å². The van der Waals surface area contributed by atoms with Crippen LogP contribution in [-0.2, 0) is 4.79 Å². The Morgan fingerprint density at radius 2 is 2.27 bits per heavy atom. The number of carbonyl (C=O) groups is 1. The topological polar surface area (TPSA) is 86.8 Å². The van der Waals surface area contributed by atoms with Gasteiger partial charge in [-0.3, -0.25) is 9.69 Å². The van der Waals surface area contributed by atoms with Crippen molar-refractivity contribution in [1.82, 2.24) is 25.5 Å². The van der Waals surface area contributed by atoms with E-state index in [1.165, 1.54) is 0 Å². The predicted molar refractivity (Wildman–Crippen MR) is 83.0 cm³/mol. The molecule has 2 N–H and O–H groups in total. The van der Waals surface area contributed by atoms with Crippen molar-refractivity contribution in [2.45, 2.75) is 13.3 Å². The molecule has 1 aromatic carbocycles. The summed E-state index contributed by atoms with van der Waals surface area (Å²) >= 11 is 0. The zero-order valence-corrected chi connectivity index (χ0v) is 12.4. The summed E-state index contributed by atoms with van der Waals surface area (Å²) in [6, 6.07) is 7.76. The second-order valence-corrected chi connectivity index (χ2v) is 5.33. The molecule has 7 heteroatoms. The molecule has 1 aromatic heterocycles. The van der Waals surface area contributed by atoms with Crippen molar-refractivity contribution in [2.75, 3.05) is 25.0 Å². The molecule has 0 radical (unpaired) electrons. The van der Waals surface area contributed by atoms with Gasteiger partial charge in [-0.05, 0) is 30.2 Å². The number of hydrogen-bond acceptors (Lipinski definition) is 5. The average molecular weight is 298 g/mol. The molecule has 0 atom stereocenters.